The van der Waals surface area contributed by atoms with Crippen LogP contribution in [0.25, 0.3) is 10.8 Å². The number of hydrogen-bond donors (Lipinski definition) is 2. The minimum atomic E-state index is -0.350. The van der Waals surface area contributed by atoms with Crippen molar-refractivity contribution in [2.45, 2.75) is 25.8 Å². The largest absolute Gasteiger partial charge is 0.357 e. The number of pyridine rings is 1. The highest BCUT2D eigenvalue weighted by Gasteiger charge is 2.13. The number of nitrogens with one attached hydrogen (secondary N) is 2. The number of aryl methyl sites for hydroxylation is 1. The van der Waals surface area contributed by atoms with Crippen molar-refractivity contribution in [2.75, 3.05) is 23.3 Å². The summed E-state index contributed by atoms with van der Waals surface area (Å²) in [7, 11) is 0. The van der Waals surface area contributed by atoms with Crippen molar-refractivity contribution >= 4 is 28.2 Å². The first-order valence-corrected chi connectivity index (χ1v) is 9.34. The summed E-state index contributed by atoms with van der Waals surface area (Å²) in [5.41, 5.74) is -0.0655. The summed E-state index contributed by atoms with van der Waals surface area (Å²) in [6, 6.07) is 10.3. The van der Waals surface area contributed by atoms with E-state index in [-0.39, 0.29) is 30.0 Å². The number of amides is 1. The Hall–Kier alpha value is -3.42. The molecule has 0 unspecified atom stereocenters. The molecule has 1 aliphatic heterocycles. The SMILES string of the molecule is O=C(CCn1[nH]c(=O)c2ccccc2c1=O)Nc1ccc(N2CCCC2)nc1. The van der Waals surface area contributed by atoms with E-state index in [1.807, 2.05) is 12.1 Å². The molecule has 3 heterocycles. The van der Waals surface area contributed by atoms with Gasteiger partial charge in [0, 0.05) is 19.5 Å². The quantitative estimate of drug-likeness (QED) is 0.703. The van der Waals surface area contributed by atoms with Crippen LogP contribution in [0.3, 0.4) is 0 Å². The van der Waals surface area contributed by atoms with E-state index in [0.29, 0.717) is 16.5 Å². The van der Waals surface area contributed by atoms with Gasteiger partial charge in [-0.2, -0.15) is 0 Å². The van der Waals surface area contributed by atoms with Gasteiger partial charge < -0.3 is 10.2 Å². The van der Waals surface area contributed by atoms with Crippen LogP contribution in [0.2, 0.25) is 0 Å². The number of aromatic nitrogens is 3. The molecule has 8 heteroatoms. The number of fused-ring (bicyclic) bond motifs is 1. The van der Waals surface area contributed by atoms with E-state index in [2.05, 4.69) is 20.3 Å². The van der Waals surface area contributed by atoms with Crippen LogP contribution in [0.5, 0.6) is 0 Å². The molecule has 0 radical (unpaired) electrons. The molecule has 0 saturated carbocycles. The summed E-state index contributed by atoms with van der Waals surface area (Å²) in [6.45, 7) is 2.11. The molecule has 0 atom stereocenters. The molecule has 8 nitrogen and oxygen atoms in total. The van der Waals surface area contributed by atoms with Crippen LogP contribution >= 0.6 is 0 Å². The lowest BCUT2D eigenvalue weighted by molar-refractivity contribution is -0.116. The first kappa shape index (κ1) is 18.0. The Morgan fingerprint density at radius 2 is 1.82 bits per heavy atom. The Morgan fingerprint density at radius 1 is 1.07 bits per heavy atom. The molecule has 2 aromatic heterocycles. The van der Waals surface area contributed by atoms with Gasteiger partial charge in [-0.25, -0.2) is 9.67 Å². The third kappa shape index (κ3) is 3.66. The lowest BCUT2D eigenvalue weighted by Gasteiger charge is -2.16. The lowest BCUT2D eigenvalue weighted by Crippen LogP contribution is -2.31. The van der Waals surface area contributed by atoms with Gasteiger partial charge >= 0.3 is 0 Å². The topological polar surface area (TPSA) is 100 Å². The molecular weight excluding hydrogens is 358 g/mol. The van der Waals surface area contributed by atoms with Crippen LogP contribution < -0.4 is 21.3 Å². The molecule has 4 rings (SSSR count). The predicted octanol–water partition coefficient (Wildman–Crippen LogP) is 1.71. The standard InChI is InChI=1S/C20H21N5O3/c26-18(22-14-7-8-17(21-13-14)24-10-3-4-11-24)9-12-25-20(28)16-6-2-1-5-15(16)19(27)23-25/h1-2,5-8,13H,3-4,9-12H2,(H,22,26)(H,23,27). The van der Waals surface area contributed by atoms with Gasteiger partial charge in [-0.05, 0) is 37.1 Å². The maximum atomic E-state index is 12.5. The van der Waals surface area contributed by atoms with Gasteiger partial charge in [0.25, 0.3) is 11.1 Å². The molecule has 2 N–H and O–H groups in total. The average molecular weight is 379 g/mol. The number of hydrogen-bond acceptors (Lipinski definition) is 5. The molecule has 0 bridgehead atoms. The first-order chi connectivity index (χ1) is 13.6. The van der Waals surface area contributed by atoms with Crippen LogP contribution in [0.1, 0.15) is 19.3 Å². The van der Waals surface area contributed by atoms with Crippen molar-refractivity contribution in [3.63, 3.8) is 0 Å². The number of benzene rings is 1. The summed E-state index contributed by atoms with van der Waals surface area (Å²) in [4.78, 5) is 43.4. The molecule has 1 saturated heterocycles. The Morgan fingerprint density at radius 3 is 2.54 bits per heavy atom. The third-order valence-corrected chi connectivity index (χ3v) is 4.91. The smallest absolute Gasteiger partial charge is 0.273 e. The van der Waals surface area contributed by atoms with E-state index in [9.17, 15) is 14.4 Å². The van der Waals surface area contributed by atoms with E-state index in [1.54, 1.807) is 30.5 Å². The summed E-state index contributed by atoms with van der Waals surface area (Å²) < 4.78 is 1.18. The fourth-order valence-corrected chi connectivity index (χ4v) is 3.43. The van der Waals surface area contributed by atoms with Crippen LogP contribution in [-0.2, 0) is 11.3 Å². The monoisotopic (exact) mass is 379 g/mol. The van der Waals surface area contributed by atoms with E-state index in [0.717, 1.165) is 18.9 Å². The van der Waals surface area contributed by atoms with Crippen molar-refractivity contribution in [3.8, 4) is 0 Å². The molecule has 28 heavy (non-hydrogen) atoms. The van der Waals surface area contributed by atoms with Gasteiger partial charge in [-0.1, -0.05) is 12.1 Å². The minimum absolute atomic E-state index is 0.0576. The number of carbonyl (C=O) groups is 1. The Kier molecular flexibility index (Phi) is 4.92. The lowest BCUT2D eigenvalue weighted by atomic mass is 10.2. The third-order valence-electron chi connectivity index (χ3n) is 4.91. The Bertz CT molecular complexity index is 1110. The van der Waals surface area contributed by atoms with Gasteiger partial charge in [-0.3, -0.25) is 19.5 Å². The summed E-state index contributed by atoms with van der Waals surface area (Å²) in [5, 5.41) is 5.99. The maximum Gasteiger partial charge on any atom is 0.273 e. The van der Waals surface area contributed by atoms with Crippen molar-refractivity contribution in [2.24, 2.45) is 0 Å². The van der Waals surface area contributed by atoms with Crippen molar-refractivity contribution in [1.29, 1.82) is 0 Å². The summed E-state index contributed by atoms with van der Waals surface area (Å²) >= 11 is 0. The minimum Gasteiger partial charge on any atom is -0.357 e. The predicted molar refractivity (Wildman–Crippen MR) is 108 cm³/mol. The summed E-state index contributed by atoms with van der Waals surface area (Å²) in [6.07, 6.45) is 4.05. The van der Waals surface area contributed by atoms with Gasteiger partial charge in [0.15, 0.2) is 0 Å². The molecule has 1 fully saturated rings. The molecule has 0 aliphatic carbocycles. The second kappa shape index (κ2) is 7.67. The van der Waals surface area contributed by atoms with E-state index < -0.39 is 0 Å². The molecule has 1 aromatic carbocycles. The van der Waals surface area contributed by atoms with Crippen molar-refractivity contribution in [3.05, 3.63) is 63.3 Å². The molecule has 1 aliphatic rings. The van der Waals surface area contributed by atoms with Gasteiger partial charge in [0.05, 0.1) is 29.2 Å². The first-order valence-electron chi connectivity index (χ1n) is 9.34. The number of aromatic amines is 1. The van der Waals surface area contributed by atoms with Gasteiger partial charge in [-0.15, -0.1) is 0 Å². The van der Waals surface area contributed by atoms with Crippen LogP contribution in [0.15, 0.2) is 52.2 Å². The Labute approximate surface area is 160 Å². The average Bonchev–Trinajstić information content (AvgIpc) is 3.25. The maximum absolute atomic E-state index is 12.5. The van der Waals surface area contributed by atoms with Crippen LogP contribution in [0.4, 0.5) is 11.5 Å². The zero-order valence-electron chi connectivity index (χ0n) is 15.4. The van der Waals surface area contributed by atoms with E-state index >= 15 is 0 Å². The van der Waals surface area contributed by atoms with E-state index in [4.69, 9.17) is 0 Å². The summed E-state index contributed by atoms with van der Waals surface area (Å²) in [5.74, 6) is 0.660. The highest BCUT2D eigenvalue weighted by molar-refractivity contribution is 5.90. The number of carbonyl (C=O) groups excluding carboxylic acids is 1. The number of anilines is 2. The highest BCUT2D eigenvalue weighted by atomic mass is 16.2. The fourth-order valence-electron chi connectivity index (χ4n) is 3.43. The molecule has 3 aromatic rings. The molecular formula is C20H21N5O3. The zero-order chi connectivity index (χ0) is 19.5. The van der Waals surface area contributed by atoms with Crippen molar-refractivity contribution < 1.29 is 4.79 Å². The van der Waals surface area contributed by atoms with Gasteiger partial charge in [0.1, 0.15) is 5.82 Å². The normalized spacial score (nSPS) is 13.8. The second-order valence-electron chi connectivity index (χ2n) is 6.84. The highest BCUT2D eigenvalue weighted by Crippen LogP contribution is 2.19. The molecule has 144 valence electrons. The number of H-pyrrole nitrogens is 1. The van der Waals surface area contributed by atoms with Crippen molar-refractivity contribution in [1.82, 2.24) is 14.8 Å². The second-order valence-corrected chi connectivity index (χ2v) is 6.84. The molecule has 0 spiro atoms. The van der Waals surface area contributed by atoms with Gasteiger partial charge in [0.2, 0.25) is 5.91 Å². The van der Waals surface area contributed by atoms with Crippen LogP contribution in [-0.4, -0.2) is 33.8 Å². The van der Waals surface area contributed by atoms with E-state index in [1.165, 1.54) is 17.5 Å². The zero-order valence-corrected chi connectivity index (χ0v) is 15.4. The molecule has 1 amide bonds. The number of rotatable bonds is 5. The number of nitrogens with zero attached hydrogens (tertiary/aromatic N) is 3. The fraction of sp³-hybridized carbons (Fsp3) is 0.300. The Balaban J connectivity index is 1.41. The van der Waals surface area contributed by atoms with Crippen LogP contribution in [0, 0.1) is 0 Å².